The van der Waals surface area contributed by atoms with E-state index in [0.717, 1.165) is 21.5 Å². The van der Waals surface area contributed by atoms with Crippen LogP contribution >= 0.6 is 15.9 Å². The molecule has 1 N–H and O–H groups in total. The van der Waals surface area contributed by atoms with E-state index in [-0.39, 0.29) is 6.42 Å². The number of nitrogens with zero attached hydrogens (tertiary/aromatic N) is 2. The maximum atomic E-state index is 10.7. The molecule has 0 fully saturated rings. The molecule has 0 atom stereocenters. The first-order chi connectivity index (χ1) is 8.47. The van der Waals surface area contributed by atoms with Gasteiger partial charge in [0.1, 0.15) is 5.82 Å². The minimum Gasteiger partial charge on any atom is -0.481 e. The zero-order chi connectivity index (χ0) is 13.3. The third kappa shape index (κ3) is 2.61. The standard InChI is InChI=1S/C13H13BrN2O2/c1-8-5-11(3-4-12(8)14)16-7-10(6-13(17)18)15-9(16)2/h3-5,7H,6H2,1-2H3,(H,17,18). The monoisotopic (exact) mass is 308 g/mol. The molecule has 4 nitrogen and oxygen atoms in total. The lowest BCUT2D eigenvalue weighted by atomic mass is 10.2. The molecule has 94 valence electrons. The molecule has 0 saturated heterocycles. The van der Waals surface area contributed by atoms with E-state index in [2.05, 4.69) is 20.9 Å². The number of benzene rings is 1. The smallest absolute Gasteiger partial charge is 0.309 e. The fraction of sp³-hybridized carbons (Fsp3) is 0.231. The molecule has 5 heteroatoms. The fourth-order valence-electron chi connectivity index (χ4n) is 1.81. The maximum absolute atomic E-state index is 10.7. The van der Waals surface area contributed by atoms with Crippen molar-refractivity contribution in [2.45, 2.75) is 20.3 Å². The van der Waals surface area contributed by atoms with E-state index in [1.807, 2.05) is 36.6 Å². The van der Waals surface area contributed by atoms with Gasteiger partial charge in [-0.3, -0.25) is 4.79 Å². The van der Waals surface area contributed by atoms with Crippen molar-refractivity contribution in [3.8, 4) is 5.69 Å². The fourth-order valence-corrected chi connectivity index (χ4v) is 2.06. The van der Waals surface area contributed by atoms with Gasteiger partial charge in [0.25, 0.3) is 0 Å². The number of carboxylic acids is 1. The summed E-state index contributed by atoms with van der Waals surface area (Å²) in [5.74, 6) is -0.0837. The van der Waals surface area contributed by atoms with E-state index < -0.39 is 5.97 Å². The first-order valence-corrected chi connectivity index (χ1v) is 6.30. The summed E-state index contributed by atoms with van der Waals surface area (Å²) >= 11 is 3.46. The highest BCUT2D eigenvalue weighted by atomic mass is 79.9. The molecule has 1 heterocycles. The van der Waals surface area contributed by atoms with Crippen LogP contribution in [0.4, 0.5) is 0 Å². The predicted molar refractivity (Wildman–Crippen MR) is 72.1 cm³/mol. The summed E-state index contributed by atoms with van der Waals surface area (Å²) in [4.78, 5) is 14.9. The number of halogens is 1. The maximum Gasteiger partial charge on any atom is 0.309 e. The Labute approximate surface area is 113 Å². The summed E-state index contributed by atoms with van der Waals surface area (Å²) in [6.07, 6.45) is 1.72. The van der Waals surface area contributed by atoms with Crippen molar-refractivity contribution in [2.75, 3.05) is 0 Å². The molecule has 1 aromatic heterocycles. The molecule has 0 aliphatic rings. The van der Waals surface area contributed by atoms with Gasteiger partial charge in [0.15, 0.2) is 0 Å². The molecule has 0 aliphatic heterocycles. The van der Waals surface area contributed by atoms with Crippen LogP contribution in [0.3, 0.4) is 0 Å². The van der Waals surface area contributed by atoms with Gasteiger partial charge in [0.2, 0.25) is 0 Å². The van der Waals surface area contributed by atoms with Crippen LogP contribution in [0.15, 0.2) is 28.9 Å². The molecule has 2 aromatic rings. The van der Waals surface area contributed by atoms with Gasteiger partial charge in [-0.15, -0.1) is 0 Å². The predicted octanol–water partition coefficient (Wildman–Crippen LogP) is 2.88. The van der Waals surface area contributed by atoms with E-state index in [1.165, 1.54) is 0 Å². The first kappa shape index (κ1) is 12.8. The SMILES string of the molecule is Cc1cc(-n2cc(CC(=O)O)nc2C)ccc1Br. The van der Waals surface area contributed by atoms with E-state index >= 15 is 0 Å². The number of aliphatic carboxylic acids is 1. The molecule has 0 bridgehead atoms. The summed E-state index contributed by atoms with van der Waals surface area (Å²) in [5, 5.41) is 8.76. The van der Waals surface area contributed by atoms with Gasteiger partial charge in [-0.25, -0.2) is 4.98 Å². The quantitative estimate of drug-likeness (QED) is 0.948. The Bertz CT molecular complexity index is 605. The molecule has 0 aliphatic carbocycles. The largest absolute Gasteiger partial charge is 0.481 e. The van der Waals surface area contributed by atoms with Crippen molar-refractivity contribution in [2.24, 2.45) is 0 Å². The average molecular weight is 309 g/mol. The van der Waals surface area contributed by atoms with E-state index in [9.17, 15) is 4.79 Å². The summed E-state index contributed by atoms with van der Waals surface area (Å²) in [6.45, 7) is 3.88. The second kappa shape index (κ2) is 4.94. The highest BCUT2D eigenvalue weighted by Gasteiger charge is 2.09. The van der Waals surface area contributed by atoms with E-state index in [1.54, 1.807) is 6.20 Å². The van der Waals surface area contributed by atoms with Gasteiger partial charge in [-0.1, -0.05) is 15.9 Å². The van der Waals surface area contributed by atoms with Crippen molar-refractivity contribution in [1.29, 1.82) is 0 Å². The van der Waals surface area contributed by atoms with Crippen LogP contribution in [0.5, 0.6) is 0 Å². The van der Waals surface area contributed by atoms with Gasteiger partial charge in [-0.2, -0.15) is 0 Å². The molecule has 1 aromatic carbocycles. The van der Waals surface area contributed by atoms with Crippen LogP contribution in [0.25, 0.3) is 5.69 Å². The van der Waals surface area contributed by atoms with Gasteiger partial charge < -0.3 is 9.67 Å². The van der Waals surface area contributed by atoms with E-state index in [4.69, 9.17) is 5.11 Å². The number of imidazole rings is 1. The van der Waals surface area contributed by atoms with Crippen LogP contribution in [-0.2, 0) is 11.2 Å². The highest BCUT2D eigenvalue weighted by molar-refractivity contribution is 9.10. The normalized spacial score (nSPS) is 10.6. The Morgan fingerprint density at radius 2 is 2.17 bits per heavy atom. The van der Waals surface area contributed by atoms with E-state index in [0.29, 0.717) is 5.69 Å². The Morgan fingerprint density at radius 1 is 1.44 bits per heavy atom. The lowest BCUT2D eigenvalue weighted by Gasteiger charge is -2.06. The minimum atomic E-state index is -0.869. The Balaban J connectivity index is 2.41. The summed E-state index contributed by atoms with van der Waals surface area (Å²) < 4.78 is 2.95. The summed E-state index contributed by atoms with van der Waals surface area (Å²) in [5.41, 5.74) is 2.68. The molecule has 0 unspecified atom stereocenters. The lowest BCUT2D eigenvalue weighted by Crippen LogP contribution is -2.00. The van der Waals surface area contributed by atoms with Gasteiger partial charge in [0.05, 0.1) is 12.1 Å². The molecule has 0 amide bonds. The van der Waals surface area contributed by atoms with Crippen LogP contribution in [0, 0.1) is 13.8 Å². The Morgan fingerprint density at radius 3 is 2.78 bits per heavy atom. The molecule has 0 saturated carbocycles. The van der Waals surface area contributed by atoms with Crippen molar-refractivity contribution in [3.05, 3.63) is 46.0 Å². The first-order valence-electron chi connectivity index (χ1n) is 5.50. The van der Waals surface area contributed by atoms with Crippen molar-refractivity contribution in [1.82, 2.24) is 9.55 Å². The van der Waals surface area contributed by atoms with Gasteiger partial charge in [0, 0.05) is 16.4 Å². The number of rotatable bonds is 3. The van der Waals surface area contributed by atoms with Crippen LogP contribution in [0.1, 0.15) is 17.1 Å². The summed E-state index contributed by atoms with van der Waals surface area (Å²) in [6, 6.07) is 5.97. The van der Waals surface area contributed by atoms with Crippen LogP contribution < -0.4 is 0 Å². The lowest BCUT2D eigenvalue weighted by molar-refractivity contribution is -0.136. The van der Waals surface area contributed by atoms with Gasteiger partial charge in [-0.05, 0) is 37.6 Å². The zero-order valence-corrected chi connectivity index (χ0v) is 11.7. The number of hydrogen-bond acceptors (Lipinski definition) is 2. The number of carbonyl (C=O) groups is 1. The second-order valence-corrected chi connectivity index (χ2v) is 5.01. The third-order valence-corrected chi connectivity index (χ3v) is 3.57. The van der Waals surface area contributed by atoms with Crippen LogP contribution in [-0.4, -0.2) is 20.6 Å². The number of aromatic nitrogens is 2. The van der Waals surface area contributed by atoms with Gasteiger partial charge >= 0.3 is 5.97 Å². The Hall–Kier alpha value is -1.62. The molecular formula is C13H13BrN2O2. The van der Waals surface area contributed by atoms with Crippen molar-refractivity contribution >= 4 is 21.9 Å². The van der Waals surface area contributed by atoms with Crippen LogP contribution in [0.2, 0.25) is 0 Å². The topological polar surface area (TPSA) is 55.1 Å². The minimum absolute atomic E-state index is 0.0522. The third-order valence-electron chi connectivity index (χ3n) is 2.68. The average Bonchev–Trinajstić information content (AvgIpc) is 2.62. The molecule has 0 radical (unpaired) electrons. The number of carboxylic acid groups (broad SMARTS) is 1. The number of aryl methyl sites for hydroxylation is 2. The number of hydrogen-bond donors (Lipinski definition) is 1. The summed E-state index contributed by atoms with van der Waals surface area (Å²) in [7, 11) is 0. The molecule has 0 spiro atoms. The second-order valence-electron chi connectivity index (χ2n) is 4.15. The van der Waals surface area contributed by atoms with Crippen molar-refractivity contribution in [3.63, 3.8) is 0 Å². The highest BCUT2D eigenvalue weighted by Crippen LogP contribution is 2.21. The Kier molecular flexibility index (Phi) is 3.52. The van der Waals surface area contributed by atoms with Crippen molar-refractivity contribution < 1.29 is 9.90 Å². The zero-order valence-electron chi connectivity index (χ0n) is 10.1. The molecule has 2 rings (SSSR count). The molecular weight excluding hydrogens is 296 g/mol. The molecule has 18 heavy (non-hydrogen) atoms.